The Morgan fingerprint density at radius 3 is 2.37 bits per heavy atom. The van der Waals surface area contributed by atoms with Gasteiger partial charge in [0.25, 0.3) is 0 Å². The van der Waals surface area contributed by atoms with E-state index >= 15 is 0 Å². The van der Waals surface area contributed by atoms with Crippen LogP contribution in [0.25, 0.3) is 0 Å². The zero-order valence-corrected chi connectivity index (χ0v) is 11.6. The normalized spacial score (nSPS) is 12.2. The van der Waals surface area contributed by atoms with Gasteiger partial charge in [0, 0.05) is 10.9 Å². The van der Waals surface area contributed by atoms with Gasteiger partial charge in [-0.2, -0.15) is 0 Å². The minimum absolute atomic E-state index is 0.0905. The fourth-order valence-electron chi connectivity index (χ4n) is 1.82. The molecule has 1 N–H and O–H groups in total. The van der Waals surface area contributed by atoms with Gasteiger partial charge in [-0.3, -0.25) is 0 Å². The molecule has 0 aliphatic carbocycles. The molecular formula is C15H15F2NS. The van der Waals surface area contributed by atoms with Crippen LogP contribution < -0.4 is 5.32 Å². The SMILES string of the molecule is CSc1ccc(C(C)Nc2cc(F)ccc2F)cc1. The molecule has 4 heteroatoms. The van der Waals surface area contributed by atoms with Crippen molar-refractivity contribution in [1.82, 2.24) is 0 Å². The van der Waals surface area contributed by atoms with Gasteiger partial charge < -0.3 is 5.32 Å². The van der Waals surface area contributed by atoms with E-state index in [0.29, 0.717) is 0 Å². The van der Waals surface area contributed by atoms with Crippen LogP contribution in [0.4, 0.5) is 14.5 Å². The highest BCUT2D eigenvalue weighted by atomic mass is 32.2. The van der Waals surface area contributed by atoms with Crippen molar-refractivity contribution >= 4 is 17.4 Å². The Morgan fingerprint density at radius 1 is 1.05 bits per heavy atom. The zero-order chi connectivity index (χ0) is 13.8. The molecule has 0 saturated carbocycles. The van der Waals surface area contributed by atoms with Gasteiger partial charge in [-0.05, 0) is 49.1 Å². The molecule has 0 aliphatic rings. The molecule has 2 aromatic rings. The van der Waals surface area contributed by atoms with Gasteiger partial charge in [-0.1, -0.05) is 12.1 Å². The van der Waals surface area contributed by atoms with E-state index in [4.69, 9.17) is 0 Å². The summed E-state index contributed by atoms with van der Waals surface area (Å²) in [5, 5.41) is 2.98. The minimum Gasteiger partial charge on any atom is -0.376 e. The molecule has 1 atom stereocenters. The predicted molar refractivity (Wildman–Crippen MR) is 76.6 cm³/mol. The Bertz CT molecular complexity index is 555. The van der Waals surface area contributed by atoms with Gasteiger partial charge in [0.1, 0.15) is 11.6 Å². The van der Waals surface area contributed by atoms with Crippen LogP contribution in [0.3, 0.4) is 0 Å². The number of hydrogen-bond acceptors (Lipinski definition) is 2. The topological polar surface area (TPSA) is 12.0 Å². The molecule has 0 bridgehead atoms. The second kappa shape index (κ2) is 6.06. The van der Waals surface area contributed by atoms with Crippen LogP contribution in [0.2, 0.25) is 0 Å². The molecule has 0 radical (unpaired) electrons. The van der Waals surface area contributed by atoms with Crippen LogP contribution in [0, 0.1) is 11.6 Å². The third-order valence-electron chi connectivity index (χ3n) is 2.92. The molecule has 0 aromatic heterocycles. The monoisotopic (exact) mass is 279 g/mol. The van der Waals surface area contributed by atoms with E-state index in [1.54, 1.807) is 11.8 Å². The van der Waals surface area contributed by atoms with E-state index in [2.05, 4.69) is 5.32 Å². The second-order valence-electron chi connectivity index (χ2n) is 4.26. The lowest BCUT2D eigenvalue weighted by Gasteiger charge is -2.16. The molecule has 0 amide bonds. The molecular weight excluding hydrogens is 264 g/mol. The van der Waals surface area contributed by atoms with E-state index in [0.717, 1.165) is 17.7 Å². The largest absolute Gasteiger partial charge is 0.376 e. The Hall–Kier alpha value is -1.55. The summed E-state index contributed by atoms with van der Waals surface area (Å²) >= 11 is 1.67. The highest BCUT2D eigenvalue weighted by Crippen LogP contribution is 2.24. The third-order valence-corrected chi connectivity index (χ3v) is 3.66. The Balaban J connectivity index is 2.15. The highest BCUT2D eigenvalue weighted by Gasteiger charge is 2.09. The first-order chi connectivity index (χ1) is 9.10. The lowest BCUT2D eigenvalue weighted by Crippen LogP contribution is -2.08. The van der Waals surface area contributed by atoms with E-state index in [1.807, 2.05) is 37.4 Å². The van der Waals surface area contributed by atoms with Gasteiger partial charge in [0.05, 0.1) is 5.69 Å². The van der Waals surface area contributed by atoms with E-state index in [1.165, 1.54) is 11.0 Å². The number of benzene rings is 2. The second-order valence-corrected chi connectivity index (χ2v) is 5.14. The standard InChI is InChI=1S/C15H15F2NS/c1-10(11-3-6-13(19-2)7-4-11)18-15-9-12(16)5-8-14(15)17/h3-10,18H,1-2H3. The lowest BCUT2D eigenvalue weighted by molar-refractivity contribution is 0.600. The molecule has 2 aromatic carbocycles. The highest BCUT2D eigenvalue weighted by molar-refractivity contribution is 7.98. The average Bonchev–Trinajstić information content (AvgIpc) is 2.43. The minimum atomic E-state index is -0.450. The Kier molecular flexibility index (Phi) is 4.43. The van der Waals surface area contributed by atoms with Crippen LogP contribution in [0.5, 0.6) is 0 Å². The number of thioether (sulfide) groups is 1. The van der Waals surface area contributed by atoms with Crippen LogP contribution >= 0.6 is 11.8 Å². The fraction of sp³-hybridized carbons (Fsp3) is 0.200. The molecule has 0 fully saturated rings. The fourth-order valence-corrected chi connectivity index (χ4v) is 2.23. The van der Waals surface area contributed by atoms with Crippen LogP contribution in [-0.4, -0.2) is 6.26 Å². The molecule has 1 nitrogen and oxygen atoms in total. The van der Waals surface area contributed by atoms with Gasteiger partial charge >= 0.3 is 0 Å². The number of halogens is 2. The maximum atomic E-state index is 13.5. The number of nitrogens with one attached hydrogen (secondary N) is 1. The summed E-state index contributed by atoms with van der Waals surface area (Å²) in [5.41, 5.74) is 1.21. The Morgan fingerprint density at radius 2 is 1.74 bits per heavy atom. The molecule has 0 heterocycles. The molecule has 19 heavy (non-hydrogen) atoms. The third kappa shape index (κ3) is 3.47. The predicted octanol–water partition coefficient (Wildman–Crippen LogP) is 4.86. The van der Waals surface area contributed by atoms with Gasteiger partial charge in [-0.25, -0.2) is 8.78 Å². The van der Waals surface area contributed by atoms with E-state index in [-0.39, 0.29) is 11.7 Å². The summed E-state index contributed by atoms with van der Waals surface area (Å²) < 4.78 is 26.6. The summed E-state index contributed by atoms with van der Waals surface area (Å²) in [6.07, 6.45) is 2.01. The molecule has 2 rings (SSSR count). The van der Waals surface area contributed by atoms with Crippen LogP contribution in [0.1, 0.15) is 18.5 Å². The van der Waals surface area contributed by atoms with Crippen molar-refractivity contribution < 1.29 is 8.78 Å². The van der Waals surface area contributed by atoms with Crippen molar-refractivity contribution in [3.05, 3.63) is 59.7 Å². The first-order valence-electron chi connectivity index (χ1n) is 5.95. The number of hydrogen-bond donors (Lipinski definition) is 1. The molecule has 0 aliphatic heterocycles. The lowest BCUT2D eigenvalue weighted by atomic mass is 10.1. The van der Waals surface area contributed by atoms with Crippen LogP contribution in [-0.2, 0) is 0 Å². The number of rotatable bonds is 4. The van der Waals surface area contributed by atoms with Crippen molar-refractivity contribution in [2.75, 3.05) is 11.6 Å². The van der Waals surface area contributed by atoms with Gasteiger partial charge in [0.2, 0.25) is 0 Å². The summed E-state index contributed by atoms with van der Waals surface area (Å²) in [6, 6.07) is 11.3. The summed E-state index contributed by atoms with van der Waals surface area (Å²) in [6.45, 7) is 1.92. The van der Waals surface area contributed by atoms with Crippen molar-refractivity contribution in [2.45, 2.75) is 17.9 Å². The molecule has 0 saturated heterocycles. The Labute approximate surface area is 116 Å². The molecule has 100 valence electrons. The number of anilines is 1. The smallest absolute Gasteiger partial charge is 0.146 e. The van der Waals surface area contributed by atoms with Gasteiger partial charge in [-0.15, -0.1) is 11.8 Å². The first kappa shape index (κ1) is 13.9. The summed E-state index contributed by atoms with van der Waals surface area (Å²) in [5.74, 6) is -0.900. The maximum Gasteiger partial charge on any atom is 0.146 e. The summed E-state index contributed by atoms with van der Waals surface area (Å²) in [4.78, 5) is 1.17. The van der Waals surface area contributed by atoms with Crippen molar-refractivity contribution in [1.29, 1.82) is 0 Å². The van der Waals surface area contributed by atoms with Gasteiger partial charge in [0.15, 0.2) is 0 Å². The van der Waals surface area contributed by atoms with Crippen LogP contribution in [0.15, 0.2) is 47.4 Å². The molecule has 0 spiro atoms. The maximum absolute atomic E-state index is 13.5. The zero-order valence-electron chi connectivity index (χ0n) is 10.8. The molecule has 1 unspecified atom stereocenters. The van der Waals surface area contributed by atoms with Crippen molar-refractivity contribution in [2.24, 2.45) is 0 Å². The van der Waals surface area contributed by atoms with E-state index in [9.17, 15) is 8.78 Å². The van der Waals surface area contributed by atoms with Crippen molar-refractivity contribution in [3.63, 3.8) is 0 Å². The first-order valence-corrected chi connectivity index (χ1v) is 7.18. The van der Waals surface area contributed by atoms with Crippen molar-refractivity contribution in [3.8, 4) is 0 Å². The summed E-state index contributed by atoms with van der Waals surface area (Å²) in [7, 11) is 0. The quantitative estimate of drug-likeness (QED) is 0.802. The van der Waals surface area contributed by atoms with E-state index < -0.39 is 11.6 Å². The average molecular weight is 279 g/mol.